The van der Waals surface area contributed by atoms with Gasteiger partial charge in [-0.25, -0.2) is 4.79 Å². The number of rotatable bonds is 6. The molecule has 6 nitrogen and oxygen atoms in total. The number of aliphatic hydroxyl groups excluding tert-OH is 1. The number of carbonyl (C=O) groups excluding carboxylic acids is 1. The normalized spacial score (nSPS) is 26.4. The SMILES string of the molecule is CC(C)(C)OC(=O)N1CCC[C@H]1C(O)CCCOC1CCCCO1. The lowest BCUT2D eigenvalue weighted by atomic mass is 10.0. The van der Waals surface area contributed by atoms with Gasteiger partial charge >= 0.3 is 6.09 Å². The van der Waals surface area contributed by atoms with Crippen molar-refractivity contribution in [2.45, 2.75) is 89.8 Å². The van der Waals surface area contributed by atoms with Crippen LogP contribution in [0.1, 0.15) is 65.7 Å². The molecule has 0 spiro atoms. The lowest BCUT2D eigenvalue weighted by Crippen LogP contribution is -2.45. The van der Waals surface area contributed by atoms with Crippen LogP contribution in [0.4, 0.5) is 4.79 Å². The highest BCUT2D eigenvalue weighted by molar-refractivity contribution is 5.69. The molecule has 2 heterocycles. The number of hydrogen-bond acceptors (Lipinski definition) is 5. The van der Waals surface area contributed by atoms with Crippen molar-refractivity contribution >= 4 is 6.09 Å². The van der Waals surface area contributed by atoms with Gasteiger partial charge in [0, 0.05) is 19.8 Å². The first-order valence-corrected chi connectivity index (χ1v) is 9.28. The maximum Gasteiger partial charge on any atom is 0.410 e. The molecule has 2 aliphatic rings. The molecule has 6 heteroatoms. The Bertz CT molecular complexity index is 389. The molecular formula is C18H33NO5. The van der Waals surface area contributed by atoms with Gasteiger partial charge in [-0.2, -0.15) is 0 Å². The van der Waals surface area contributed by atoms with Crippen LogP contribution in [0.2, 0.25) is 0 Å². The van der Waals surface area contributed by atoms with Crippen molar-refractivity contribution in [1.82, 2.24) is 4.90 Å². The predicted molar refractivity (Wildman–Crippen MR) is 90.7 cm³/mol. The van der Waals surface area contributed by atoms with Crippen LogP contribution in [0.5, 0.6) is 0 Å². The largest absolute Gasteiger partial charge is 0.444 e. The Morgan fingerprint density at radius 1 is 1.29 bits per heavy atom. The smallest absolute Gasteiger partial charge is 0.410 e. The first kappa shape index (κ1) is 19.5. The van der Waals surface area contributed by atoms with E-state index >= 15 is 0 Å². The highest BCUT2D eigenvalue weighted by Crippen LogP contribution is 2.25. The Morgan fingerprint density at radius 2 is 2.08 bits per heavy atom. The quantitative estimate of drug-likeness (QED) is 0.751. The molecule has 0 aromatic carbocycles. The molecule has 0 aromatic heterocycles. The van der Waals surface area contributed by atoms with Gasteiger partial charge in [-0.15, -0.1) is 0 Å². The predicted octanol–water partition coefficient (Wildman–Crippen LogP) is 3.07. The topological polar surface area (TPSA) is 68.2 Å². The molecular weight excluding hydrogens is 310 g/mol. The van der Waals surface area contributed by atoms with Crippen LogP contribution < -0.4 is 0 Å². The third kappa shape index (κ3) is 6.22. The molecule has 0 aliphatic carbocycles. The van der Waals surface area contributed by atoms with Crippen LogP contribution in [0, 0.1) is 0 Å². The fourth-order valence-electron chi connectivity index (χ4n) is 3.28. The van der Waals surface area contributed by atoms with Crippen molar-refractivity contribution in [2.24, 2.45) is 0 Å². The zero-order valence-corrected chi connectivity index (χ0v) is 15.3. The summed E-state index contributed by atoms with van der Waals surface area (Å²) in [4.78, 5) is 13.9. The summed E-state index contributed by atoms with van der Waals surface area (Å²) in [5.41, 5.74) is -0.511. The molecule has 2 unspecified atom stereocenters. The van der Waals surface area contributed by atoms with Crippen LogP contribution >= 0.6 is 0 Å². The van der Waals surface area contributed by atoms with E-state index in [1.807, 2.05) is 20.8 Å². The van der Waals surface area contributed by atoms with Gasteiger partial charge in [-0.3, -0.25) is 0 Å². The molecule has 2 fully saturated rings. The first-order valence-electron chi connectivity index (χ1n) is 9.28. The summed E-state index contributed by atoms with van der Waals surface area (Å²) in [6, 6.07) is -0.147. The molecule has 3 atom stereocenters. The molecule has 0 radical (unpaired) electrons. The molecule has 0 aromatic rings. The summed E-state index contributed by atoms with van der Waals surface area (Å²) in [6.45, 7) is 7.59. The minimum Gasteiger partial charge on any atom is -0.444 e. The molecule has 0 bridgehead atoms. The van der Waals surface area contributed by atoms with E-state index in [0.717, 1.165) is 45.1 Å². The van der Waals surface area contributed by atoms with E-state index in [0.29, 0.717) is 19.6 Å². The Hall–Kier alpha value is -0.850. The van der Waals surface area contributed by atoms with E-state index in [2.05, 4.69) is 0 Å². The van der Waals surface area contributed by atoms with Gasteiger partial charge in [0.2, 0.25) is 0 Å². The van der Waals surface area contributed by atoms with Crippen LogP contribution in [0.3, 0.4) is 0 Å². The number of ether oxygens (including phenoxy) is 3. The Kier molecular flexibility index (Phi) is 7.32. The van der Waals surface area contributed by atoms with Crippen molar-refractivity contribution in [3.8, 4) is 0 Å². The Balaban J connectivity index is 1.70. The summed E-state index contributed by atoms with van der Waals surface area (Å²) >= 11 is 0. The fourth-order valence-corrected chi connectivity index (χ4v) is 3.28. The summed E-state index contributed by atoms with van der Waals surface area (Å²) in [5, 5.41) is 10.5. The van der Waals surface area contributed by atoms with Gasteiger partial charge in [0.25, 0.3) is 0 Å². The molecule has 0 saturated carbocycles. The summed E-state index contributed by atoms with van der Waals surface area (Å²) < 4.78 is 16.7. The number of aliphatic hydroxyl groups is 1. The lowest BCUT2D eigenvalue weighted by Gasteiger charge is -2.31. The van der Waals surface area contributed by atoms with Gasteiger partial charge in [-0.05, 0) is 65.7 Å². The lowest BCUT2D eigenvalue weighted by molar-refractivity contribution is -0.163. The number of amides is 1. The second kappa shape index (κ2) is 9.02. The highest BCUT2D eigenvalue weighted by Gasteiger charge is 2.36. The average Bonchev–Trinajstić information content (AvgIpc) is 3.00. The number of nitrogens with zero attached hydrogens (tertiary/aromatic N) is 1. The Morgan fingerprint density at radius 3 is 2.75 bits per heavy atom. The highest BCUT2D eigenvalue weighted by atomic mass is 16.7. The van der Waals surface area contributed by atoms with Crippen LogP contribution in [0.15, 0.2) is 0 Å². The average molecular weight is 343 g/mol. The van der Waals surface area contributed by atoms with Crippen LogP contribution in [-0.4, -0.2) is 59.9 Å². The van der Waals surface area contributed by atoms with Crippen LogP contribution in [-0.2, 0) is 14.2 Å². The van der Waals surface area contributed by atoms with Crippen molar-refractivity contribution < 1.29 is 24.1 Å². The minimum absolute atomic E-state index is 0.0827. The molecule has 140 valence electrons. The number of likely N-dealkylation sites (tertiary alicyclic amines) is 1. The Labute approximate surface area is 145 Å². The third-order valence-corrected chi connectivity index (χ3v) is 4.46. The van der Waals surface area contributed by atoms with Gasteiger partial charge < -0.3 is 24.2 Å². The summed E-state index contributed by atoms with van der Waals surface area (Å²) in [7, 11) is 0. The summed E-state index contributed by atoms with van der Waals surface area (Å²) in [6.07, 6.45) is 5.41. The van der Waals surface area contributed by atoms with Crippen molar-refractivity contribution in [3.63, 3.8) is 0 Å². The van der Waals surface area contributed by atoms with Crippen molar-refractivity contribution in [2.75, 3.05) is 19.8 Å². The molecule has 24 heavy (non-hydrogen) atoms. The molecule has 2 rings (SSSR count). The third-order valence-electron chi connectivity index (χ3n) is 4.46. The maximum atomic E-state index is 12.3. The molecule has 2 saturated heterocycles. The van der Waals surface area contributed by atoms with Crippen molar-refractivity contribution in [1.29, 1.82) is 0 Å². The molecule has 1 amide bonds. The van der Waals surface area contributed by atoms with E-state index in [-0.39, 0.29) is 18.4 Å². The van der Waals surface area contributed by atoms with E-state index in [9.17, 15) is 9.90 Å². The second-order valence-corrected chi connectivity index (χ2v) is 7.76. The van der Waals surface area contributed by atoms with E-state index < -0.39 is 11.7 Å². The van der Waals surface area contributed by atoms with Gasteiger partial charge in [0.1, 0.15) is 5.60 Å². The van der Waals surface area contributed by atoms with Crippen molar-refractivity contribution in [3.05, 3.63) is 0 Å². The number of hydrogen-bond donors (Lipinski definition) is 1. The molecule has 1 N–H and O–H groups in total. The second-order valence-electron chi connectivity index (χ2n) is 7.76. The number of carbonyl (C=O) groups is 1. The maximum absolute atomic E-state index is 12.3. The minimum atomic E-state index is -0.532. The monoisotopic (exact) mass is 343 g/mol. The van der Waals surface area contributed by atoms with Crippen LogP contribution in [0.25, 0.3) is 0 Å². The van der Waals surface area contributed by atoms with Gasteiger partial charge in [0.15, 0.2) is 6.29 Å². The fraction of sp³-hybridized carbons (Fsp3) is 0.944. The summed E-state index contributed by atoms with van der Waals surface area (Å²) in [5.74, 6) is 0. The van der Waals surface area contributed by atoms with Gasteiger partial charge in [0.05, 0.1) is 12.1 Å². The first-order chi connectivity index (χ1) is 11.4. The van der Waals surface area contributed by atoms with E-state index in [1.54, 1.807) is 4.90 Å². The van der Waals surface area contributed by atoms with E-state index in [1.165, 1.54) is 0 Å². The zero-order valence-electron chi connectivity index (χ0n) is 15.3. The van der Waals surface area contributed by atoms with E-state index in [4.69, 9.17) is 14.2 Å². The molecule has 2 aliphatic heterocycles. The standard InChI is InChI=1S/C18H33NO5/c1-18(2,3)24-17(21)19-11-6-8-14(19)15(20)9-7-13-23-16-10-4-5-12-22-16/h14-16,20H,4-13H2,1-3H3/t14-,15?,16?/m0/s1. The van der Waals surface area contributed by atoms with Gasteiger partial charge in [-0.1, -0.05) is 0 Å². The zero-order chi connectivity index (χ0) is 17.6.